The van der Waals surface area contributed by atoms with E-state index in [0.29, 0.717) is 10.6 Å². The van der Waals surface area contributed by atoms with Gasteiger partial charge in [-0.3, -0.25) is 0 Å². The Morgan fingerprint density at radius 2 is 1.94 bits per heavy atom. The molecule has 0 fully saturated rings. The normalized spacial score (nSPS) is 17.3. The third-order valence-electron chi connectivity index (χ3n) is 2.75. The fraction of sp³-hybridized carbons (Fsp3) is 0.273. The molecule has 1 aromatic carbocycles. The summed E-state index contributed by atoms with van der Waals surface area (Å²) in [6.45, 7) is 1.48. The third kappa shape index (κ3) is 2.20. The molecular weight excluding hydrogens is 296 g/mol. The third-order valence-corrected chi connectivity index (χ3v) is 6.79. The Kier molecular flexibility index (Phi) is 3.29. The summed E-state index contributed by atoms with van der Waals surface area (Å²) >= 11 is 5.91. The van der Waals surface area contributed by atoms with Gasteiger partial charge >= 0.3 is 0 Å². The average Bonchev–Trinajstić information content (AvgIpc) is 2.53. The van der Waals surface area contributed by atoms with Gasteiger partial charge in [-0.2, -0.15) is 0 Å². The Hall–Kier alpha value is -0.850. The molecule has 0 saturated carbocycles. The standard InChI is InChI=1S/C11H11ClO4S2/c1-2-17(13,14)7-8-6-9-10(12)4-3-5-11(9)18(8,15)16/h3-6H,2,7H2,1H3. The predicted molar refractivity (Wildman–Crippen MR) is 70.9 cm³/mol. The highest BCUT2D eigenvalue weighted by Gasteiger charge is 2.33. The summed E-state index contributed by atoms with van der Waals surface area (Å²) in [7, 11) is -7.11. The molecule has 0 radical (unpaired) electrons. The minimum atomic E-state index is -3.71. The molecule has 0 aliphatic carbocycles. The van der Waals surface area contributed by atoms with Crippen LogP contribution in [0.15, 0.2) is 28.0 Å². The largest absolute Gasteiger partial charge is 0.228 e. The van der Waals surface area contributed by atoms with E-state index in [2.05, 4.69) is 0 Å². The summed E-state index contributed by atoms with van der Waals surface area (Å²) in [4.78, 5) is -0.0243. The fourth-order valence-corrected chi connectivity index (χ4v) is 5.15. The molecule has 0 unspecified atom stereocenters. The van der Waals surface area contributed by atoms with E-state index in [-0.39, 0.29) is 15.6 Å². The van der Waals surface area contributed by atoms with Crippen molar-refractivity contribution in [3.05, 3.63) is 33.7 Å². The van der Waals surface area contributed by atoms with Crippen LogP contribution in [0.5, 0.6) is 0 Å². The lowest BCUT2D eigenvalue weighted by Crippen LogP contribution is -2.14. The Morgan fingerprint density at radius 3 is 2.50 bits per heavy atom. The van der Waals surface area contributed by atoms with Crippen molar-refractivity contribution in [3.63, 3.8) is 0 Å². The van der Waals surface area contributed by atoms with Gasteiger partial charge < -0.3 is 0 Å². The van der Waals surface area contributed by atoms with Crippen LogP contribution in [0.2, 0.25) is 5.02 Å². The van der Waals surface area contributed by atoms with Gasteiger partial charge in [0.25, 0.3) is 0 Å². The van der Waals surface area contributed by atoms with Crippen molar-refractivity contribution < 1.29 is 16.8 Å². The maximum Gasteiger partial charge on any atom is 0.204 e. The maximum absolute atomic E-state index is 12.1. The second-order valence-corrected chi connectivity index (χ2v) is 8.67. The predicted octanol–water partition coefficient (Wildman–Crippen LogP) is 1.90. The molecule has 0 N–H and O–H groups in total. The number of sulfone groups is 2. The van der Waals surface area contributed by atoms with E-state index in [1.165, 1.54) is 25.1 Å². The molecule has 1 aromatic rings. The van der Waals surface area contributed by atoms with Crippen LogP contribution >= 0.6 is 11.6 Å². The number of halogens is 1. The van der Waals surface area contributed by atoms with Gasteiger partial charge in [0.1, 0.15) is 0 Å². The Balaban J connectivity index is 2.56. The lowest BCUT2D eigenvalue weighted by molar-refractivity contribution is 0.594. The lowest BCUT2D eigenvalue weighted by atomic mass is 10.2. The summed E-state index contributed by atoms with van der Waals surface area (Å²) in [6.07, 6.45) is 1.35. The molecule has 0 bridgehead atoms. The Morgan fingerprint density at radius 1 is 1.28 bits per heavy atom. The van der Waals surface area contributed by atoms with Gasteiger partial charge in [-0.25, -0.2) is 16.8 Å². The van der Waals surface area contributed by atoms with Gasteiger partial charge in [0.05, 0.1) is 15.6 Å². The number of benzene rings is 1. The first-order valence-electron chi connectivity index (χ1n) is 5.22. The summed E-state index contributed by atoms with van der Waals surface area (Å²) in [6, 6.07) is 4.53. The van der Waals surface area contributed by atoms with E-state index >= 15 is 0 Å². The SMILES string of the molecule is CCS(=O)(=O)CC1=Cc2c(Cl)cccc2S1(=O)=O. The van der Waals surface area contributed by atoms with E-state index in [4.69, 9.17) is 11.6 Å². The molecule has 7 heteroatoms. The zero-order valence-electron chi connectivity index (χ0n) is 9.55. The molecule has 18 heavy (non-hydrogen) atoms. The van der Waals surface area contributed by atoms with Crippen LogP contribution in [0, 0.1) is 0 Å². The quantitative estimate of drug-likeness (QED) is 0.855. The van der Waals surface area contributed by atoms with Crippen LogP contribution in [0.25, 0.3) is 6.08 Å². The van der Waals surface area contributed by atoms with Gasteiger partial charge in [0.15, 0.2) is 9.84 Å². The van der Waals surface area contributed by atoms with Crippen LogP contribution in [0.3, 0.4) is 0 Å². The topological polar surface area (TPSA) is 68.3 Å². The first-order valence-corrected chi connectivity index (χ1v) is 8.91. The molecule has 0 atom stereocenters. The van der Waals surface area contributed by atoms with E-state index < -0.39 is 25.4 Å². The second kappa shape index (κ2) is 4.36. The monoisotopic (exact) mass is 306 g/mol. The first-order chi connectivity index (χ1) is 8.28. The number of hydrogen-bond acceptors (Lipinski definition) is 4. The zero-order chi connectivity index (χ0) is 13.6. The first kappa shape index (κ1) is 13.6. The molecule has 0 aromatic heterocycles. The molecule has 4 nitrogen and oxygen atoms in total. The van der Waals surface area contributed by atoms with Gasteiger partial charge in [-0.15, -0.1) is 0 Å². The van der Waals surface area contributed by atoms with Crippen LogP contribution in [0.4, 0.5) is 0 Å². The number of fused-ring (bicyclic) bond motifs is 1. The average molecular weight is 307 g/mol. The number of hydrogen-bond donors (Lipinski definition) is 0. The summed E-state index contributed by atoms with van der Waals surface area (Å²) in [5.41, 5.74) is 0.375. The molecule has 0 spiro atoms. The number of rotatable bonds is 3. The van der Waals surface area contributed by atoms with Gasteiger partial charge in [0.2, 0.25) is 9.84 Å². The minimum Gasteiger partial charge on any atom is -0.228 e. The minimum absolute atomic E-state index is 0.0799. The molecule has 2 rings (SSSR count). The molecule has 0 saturated heterocycles. The lowest BCUT2D eigenvalue weighted by Gasteiger charge is -2.03. The van der Waals surface area contributed by atoms with Crippen LogP contribution in [-0.4, -0.2) is 28.3 Å². The van der Waals surface area contributed by atoms with Gasteiger partial charge in [-0.05, 0) is 18.2 Å². The molecule has 0 amide bonds. The summed E-state index contributed by atoms with van der Waals surface area (Å²) < 4.78 is 47.4. The summed E-state index contributed by atoms with van der Waals surface area (Å²) in [5.74, 6) is -0.569. The van der Waals surface area contributed by atoms with Gasteiger partial charge in [-0.1, -0.05) is 24.6 Å². The highest BCUT2D eigenvalue weighted by Crippen LogP contribution is 2.37. The van der Waals surface area contributed by atoms with E-state index in [9.17, 15) is 16.8 Å². The molecule has 1 aliphatic heterocycles. The molecular formula is C11H11ClO4S2. The molecule has 98 valence electrons. The second-order valence-electron chi connectivity index (χ2n) is 3.94. The van der Waals surface area contributed by atoms with Crippen molar-refractivity contribution >= 4 is 37.4 Å². The Labute approximate surface area is 111 Å². The van der Waals surface area contributed by atoms with Crippen molar-refractivity contribution in [3.8, 4) is 0 Å². The zero-order valence-corrected chi connectivity index (χ0v) is 11.9. The van der Waals surface area contributed by atoms with E-state index in [0.717, 1.165) is 0 Å². The van der Waals surface area contributed by atoms with Crippen LogP contribution in [0.1, 0.15) is 12.5 Å². The molecule has 1 aliphatic rings. The van der Waals surface area contributed by atoms with Crippen molar-refractivity contribution in [2.45, 2.75) is 11.8 Å². The Bertz CT molecular complexity index is 730. The van der Waals surface area contributed by atoms with Gasteiger partial charge in [0, 0.05) is 16.3 Å². The van der Waals surface area contributed by atoms with Crippen LogP contribution in [-0.2, 0) is 19.7 Å². The fourth-order valence-electron chi connectivity index (χ4n) is 1.71. The van der Waals surface area contributed by atoms with Crippen molar-refractivity contribution in [2.75, 3.05) is 11.5 Å². The highest BCUT2D eigenvalue weighted by atomic mass is 35.5. The van der Waals surface area contributed by atoms with E-state index in [1.807, 2.05) is 0 Å². The molecule has 1 heterocycles. The van der Waals surface area contributed by atoms with Crippen LogP contribution < -0.4 is 0 Å². The van der Waals surface area contributed by atoms with Crippen molar-refractivity contribution in [1.82, 2.24) is 0 Å². The smallest absolute Gasteiger partial charge is 0.204 e. The summed E-state index contributed by atoms with van der Waals surface area (Å²) in [5, 5.41) is 0.306. The van der Waals surface area contributed by atoms with Crippen molar-refractivity contribution in [2.24, 2.45) is 0 Å². The maximum atomic E-state index is 12.1. The van der Waals surface area contributed by atoms with E-state index in [1.54, 1.807) is 6.07 Å². The van der Waals surface area contributed by atoms with Crippen molar-refractivity contribution in [1.29, 1.82) is 0 Å². The highest BCUT2D eigenvalue weighted by molar-refractivity contribution is 7.98.